The van der Waals surface area contributed by atoms with E-state index in [9.17, 15) is 4.79 Å². The van der Waals surface area contributed by atoms with Gasteiger partial charge in [0, 0.05) is 18.8 Å². The number of anilines is 1. The number of rotatable bonds is 4. The summed E-state index contributed by atoms with van der Waals surface area (Å²) >= 11 is 1.47. The highest BCUT2D eigenvalue weighted by Gasteiger charge is 2.10. The van der Waals surface area contributed by atoms with Crippen LogP contribution in [0, 0.1) is 6.92 Å². The molecule has 2 heterocycles. The van der Waals surface area contributed by atoms with Crippen LogP contribution in [0.25, 0.3) is 4.96 Å². The summed E-state index contributed by atoms with van der Waals surface area (Å²) in [7, 11) is 2.00. The molecule has 1 aromatic carbocycles. The van der Waals surface area contributed by atoms with E-state index in [1.165, 1.54) is 21.4 Å². The second-order valence-corrected chi connectivity index (χ2v) is 6.37. The van der Waals surface area contributed by atoms with Crippen molar-refractivity contribution in [1.29, 1.82) is 0 Å². The molecule has 0 aliphatic heterocycles. The van der Waals surface area contributed by atoms with Crippen LogP contribution in [0.5, 0.6) is 0 Å². The lowest BCUT2D eigenvalue weighted by Crippen LogP contribution is -2.21. The predicted molar refractivity (Wildman–Crippen MR) is 89.8 cm³/mol. The summed E-state index contributed by atoms with van der Waals surface area (Å²) in [5.41, 5.74) is 2.97. The summed E-state index contributed by atoms with van der Waals surface area (Å²) in [6, 6.07) is 9.84. The van der Waals surface area contributed by atoms with Gasteiger partial charge in [0.25, 0.3) is 5.56 Å². The van der Waals surface area contributed by atoms with E-state index in [2.05, 4.69) is 40.1 Å². The van der Waals surface area contributed by atoms with E-state index in [0.29, 0.717) is 11.5 Å². The Bertz CT molecular complexity index is 868. The van der Waals surface area contributed by atoms with Gasteiger partial charge >= 0.3 is 0 Å². The first-order valence-corrected chi connectivity index (χ1v) is 8.05. The topological polar surface area (TPSA) is 50.5 Å². The van der Waals surface area contributed by atoms with Gasteiger partial charge in [-0.15, -0.1) is 0 Å². The molecular weight excluding hydrogens is 296 g/mol. The number of hydrogen-bond donors (Lipinski definition) is 0. The lowest BCUT2D eigenvalue weighted by molar-refractivity contribution is 0.825. The number of fused-ring (bicyclic) bond motifs is 1. The lowest BCUT2D eigenvalue weighted by atomic mass is 10.2. The molecule has 114 valence electrons. The maximum absolute atomic E-state index is 12.1. The molecular formula is C16H18N4OS. The number of aryl methyl sites for hydroxylation is 2. The molecule has 2 aromatic heterocycles. The van der Waals surface area contributed by atoms with Crippen molar-refractivity contribution in [3.05, 3.63) is 57.0 Å². The molecule has 0 amide bonds. The van der Waals surface area contributed by atoms with Crippen molar-refractivity contribution in [1.82, 2.24) is 14.6 Å². The van der Waals surface area contributed by atoms with Crippen LogP contribution >= 0.6 is 11.3 Å². The fraction of sp³-hybridized carbons (Fsp3) is 0.312. The standard InChI is InChI=1S/C16H18N4OS/c1-4-14-18-20-15(21)9-12(17-16(20)22-14)10-19(3)13-7-5-6-11(2)8-13/h5-9H,4,10H2,1-3H3. The zero-order valence-electron chi connectivity index (χ0n) is 12.9. The highest BCUT2D eigenvalue weighted by Crippen LogP contribution is 2.17. The van der Waals surface area contributed by atoms with Crippen LogP contribution < -0.4 is 10.5 Å². The smallest absolute Gasteiger partial charge is 0.275 e. The molecule has 0 saturated heterocycles. The zero-order valence-corrected chi connectivity index (χ0v) is 13.7. The molecule has 0 bridgehead atoms. The first kappa shape index (κ1) is 14.7. The summed E-state index contributed by atoms with van der Waals surface area (Å²) in [6.45, 7) is 4.68. The van der Waals surface area contributed by atoms with Crippen molar-refractivity contribution in [3.8, 4) is 0 Å². The Morgan fingerprint density at radius 3 is 2.86 bits per heavy atom. The number of aromatic nitrogens is 3. The van der Waals surface area contributed by atoms with Gasteiger partial charge in [-0.05, 0) is 31.0 Å². The zero-order chi connectivity index (χ0) is 15.7. The van der Waals surface area contributed by atoms with Crippen LogP contribution in [0.4, 0.5) is 5.69 Å². The monoisotopic (exact) mass is 314 g/mol. The largest absolute Gasteiger partial charge is 0.369 e. The summed E-state index contributed by atoms with van der Waals surface area (Å²) in [5.74, 6) is 0. The van der Waals surface area contributed by atoms with Crippen LogP contribution in [0.15, 0.2) is 35.1 Å². The van der Waals surface area contributed by atoms with E-state index in [-0.39, 0.29) is 5.56 Å². The van der Waals surface area contributed by atoms with Crippen LogP contribution in [0.3, 0.4) is 0 Å². The lowest BCUT2D eigenvalue weighted by Gasteiger charge is -2.19. The van der Waals surface area contributed by atoms with Gasteiger partial charge in [0.2, 0.25) is 4.96 Å². The van der Waals surface area contributed by atoms with E-state index < -0.39 is 0 Å². The van der Waals surface area contributed by atoms with Gasteiger partial charge in [-0.25, -0.2) is 4.98 Å². The summed E-state index contributed by atoms with van der Waals surface area (Å²) in [5, 5.41) is 5.19. The average Bonchev–Trinajstić information content (AvgIpc) is 2.91. The van der Waals surface area contributed by atoms with Gasteiger partial charge in [0.1, 0.15) is 5.01 Å². The fourth-order valence-corrected chi connectivity index (χ4v) is 3.18. The van der Waals surface area contributed by atoms with Crippen molar-refractivity contribution >= 4 is 22.0 Å². The number of nitrogens with zero attached hydrogens (tertiary/aromatic N) is 4. The van der Waals surface area contributed by atoms with Gasteiger partial charge in [-0.1, -0.05) is 30.4 Å². The Labute approximate surface area is 132 Å². The summed E-state index contributed by atoms with van der Waals surface area (Å²) < 4.78 is 1.39. The molecule has 3 rings (SSSR count). The van der Waals surface area contributed by atoms with Gasteiger partial charge in [-0.3, -0.25) is 4.79 Å². The Hall–Kier alpha value is -2.21. The molecule has 0 aliphatic carbocycles. The maximum atomic E-state index is 12.1. The first-order chi connectivity index (χ1) is 10.6. The van der Waals surface area contributed by atoms with Crippen LogP contribution in [0.1, 0.15) is 23.2 Å². The highest BCUT2D eigenvalue weighted by atomic mass is 32.1. The maximum Gasteiger partial charge on any atom is 0.275 e. The molecule has 6 heteroatoms. The minimum Gasteiger partial charge on any atom is -0.369 e. The third-order valence-electron chi connectivity index (χ3n) is 3.48. The SMILES string of the molecule is CCc1nn2c(=O)cc(CN(C)c3cccc(C)c3)nc2s1. The van der Waals surface area contributed by atoms with E-state index >= 15 is 0 Å². The second-order valence-electron chi connectivity index (χ2n) is 5.32. The highest BCUT2D eigenvalue weighted by molar-refractivity contribution is 7.16. The minimum atomic E-state index is -0.117. The first-order valence-electron chi connectivity index (χ1n) is 7.23. The normalized spacial score (nSPS) is 11.0. The van der Waals surface area contributed by atoms with Crippen molar-refractivity contribution in [2.45, 2.75) is 26.8 Å². The van der Waals surface area contributed by atoms with Gasteiger partial charge in [0.15, 0.2) is 0 Å². The molecule has 0 radical (unpaired) electrons. The molecule has 0 saturated carbocycles. The molecule has 3 aromatic rings. The van der Waals surface area contributed by atoms with Crippen LogP contribution in [0.2, 0.25) is 0 Å². The van der Waals surface area contributed by atoms with E-state index in [1.807, 2.05) is 20.0 Å². The van der Waals surface area contributed by atoms with Crippen LogP contribution in [-0.2, 0) is 13.0 Å². The van der Waals surface area contributed by atoms with Crippen molar-refractivity contribution in [3.63, 3.8) is 0 Å². The fourth-order valence-electron chi connectivity index (χ4n) is 2.32. The Morgan fingerprint density at radius 2 is 2.14 bits per heavy atom. The van der Waals surface area contributed by atoms with Crippen molar-refractivity contribution in [2.75, 3.05) is 11.9 Å². The van der Waals surface area contributed by atoms with Gasteiger partial charge in [-0.2, -0.15) is 9.61 Å². The molecule has 0 fully saturated rings. The Morgan fingerprint density at radius 1 is 1.32 bits per heavy atom. The second kappa shape index (κ2) is 5.88. The Balaban J connectivity index is 1.92. The van der Waals surface area contributed by atoms with E-state index in [4.69, 9.17) is 0 Å². The molecule has 0 aliphatic rings. The summed E-state index contributed by atoms with van der Waals surface area (Å²) in [4.78, 5) is 19.5. The van der Waals surface area contributed by atoms with Crippen LogP contribution in [-0.4, -0.2) is 21.6 Å². The van der Waals surface area contributed by atoms with E-state index in [1.54, 1.807) is 6.07 Å². The quantitative estimate of drug-likeness (QED) is 0.743. The molecule has 0 spiro atoms. The van der Waals surface area contributed by atoms with Gasteiger partial charge in [0.05, 0.1) is 12.2 Å². The Kier molecular flexibility index (Phi) is 3.94. The number of benzene rings is 1. The molecule has 5 nitrogen and oxygen atoms in total. The molecule has 22 heavy (non-hydrogen) atoms. The average molecular weight is 314 g/mol. The third-order valence-corrected chi connectivity index (χ3v) is 4.54. The summed E-state index contributed by atoms with van der Waals surface area (Å²) in [6.07, 6.45) is 0.812. The minimum absolute atomic E-state index is 0.117. The number of hydrogen-bond acceptors (Lipinski definition) is 5. The molecule has 0 atom stereocenters. The predicted octanol–water partition coefficient (Wildman–Crippen LogP) is 2.66. The van der Waals surface area contributed by atoms with E-state index in [0.717, 1.165) is 22.8 Å². The van der Waals surface area contributed by atoms with Crippen molar-refractivity contribution < 1.29 is 0 Å². The molecule has 0 N–H and O–H groups in total. The van der Waals surface area contributed by atoms with Gasteiger partial charge < -0.3 is 4.90 Å². The molecule has 0 unspecified atom stereocenters. The third kappa shape index (κ3) is 2.87. The van der Waals surface area contributed by atoms with Crippen molar-refractivity contribution in [2.24, 2.45) is 0 Å².